The van der Waals surface area contributed by atoms with Gasteiger partial charge in [-0.05, 0) is 18.2 Å². The van der Waals surface area contributed by atoms with Crippen molar-refractivity contribution in [1.82, 2.24) is 15.5 Å². The maximum absolute atomic E-state index is 12.2. The number of ether oxygens (including phenoxy) is 1. The molecule has 0 spiro atoms. The van der Waals surface area contributed by atoms with Crippen LogP contribution in [0.5, 0.6) is 0 Å². The number of imide groups is 1. The lowest BCUT2D eigenvalue weighted by Gasteiger charge is -2.13. The van der Waals surface area contributed by atoms with Crippen molar-refractivity contribution in [3.63, 3.8) is 0 Å². The zero-order valence-corrected chi connectivity index (χ0v) is 15.4. The van der Waals surface area contributed by atoms with Gasteiger partial charge < -0.3 is 15.4 Å². The molecule has 8 nitrogen and oxygen atoms in total. The second kappa shape index (κ2) is 8.82. The fraction of sp³-hybridized carbons (Fsp3) is 0.333. The minimum absolute atomic E-state index is 0.0929. The smallest absolute Gasteiger partial charge is 0.407 e. The van der Waals surface area contributed by atoms with Gasteiger partial charge in [0, 0.05) is 17.6 Å². The molecule has 1 heterocycles. The maximum Gasteiger partial charge on any atom is 0.407 e. The molecule has 10 heteroatoms. The highest BCUT2D eigenvalue weighted by Crippen LogP contribution is 2.25. The Hall–Kier alpha value is -2.13. The quantitative estimate of drug-likeness (QED) is 0.382. The Morgan fingerprint density at radius 3 is 2.52 bits per heavy atom. The molecule has 1 aliphatic heterocycles. The van der Waals surface area contributed by atoms with E-state index in [4.69, 9.17) is 11.6 Å². The fourth-order valence-corrected chi connectivity index (χ4v) is 2.59. The topological polar surface area (TPSA) is 105 Å². The summed E-state index contributed by atoms with van der Waals surface area (Å²) >= 11 is 8.61. The number of nitrogens with one attached hydrogen (secondary N) is 2. The predicted molar refractivity (Wildman–Crippen MR) is 92.6 cm³/mol. The normalized spacial score (nSPS) is 12.8. The van der Waals surface area contributed by atoms with E-state index < -0.39 is 23.8 Å². The molecule has 25 heavy (non-hydrogen) atoms. The van der Waals surface area contributed by atoms with Crippen molar-refractivity contribution in [2.75, 3.05) is 32.1 Å². The molecule has 1 aromatic rings. The third-order valence-corrected chi connectivity index (χ3v) is 3.91. The Morgan fingerprint density at radius 1 is 1.12 bits per heavy atom. The average molecular weight is 433 g/mol. The van der Waals surface area contributed by atoms with Gasteiger partial charge in [0.1, 0.15) is 13.2 Å². The van der Waals surface area contributed by atoms with Crippen LogP contribution < -0.4 is 10.6 Å². The van der Waals surface area contributed by atoms with Crippen molar-refractivity contribution in [3.8, 4) is 0 Å². The number of halogens is 2. The van der Waals surface area contributed by atoms with Crippen LogP contribution in [0.4, 0.5) is 4.79 Å². The monoisotopic (exact) mass is 431 g/mol. The van der Waals surface area contributed by atoms with E-state index in [1.165, 1.54) is 6.07 Å². The molecule has 0 aliphatic carbocycles. The number of fused-ring (bicyclic) bond motifs is 1. The molecule has 0 saturated carbocycles. The van der Waals surface area contributed by atoms with Gasteiger partial charge in [0.05, 0.1) is 17.0 Å². The van der Waals surface area contributed by atoms with E-state index in [-0.39, 0.29) is 43.2 Å². The van der Waals surface area contributed by atoms with Gasteiger partial charge >= 0.3 is 6.09 Å². The standard InChI is InChI=1S/C15H15BrClN3O5/c16-9-1-2-10-11(7-9)14(23)20(13(10)22)8-12(21)18-4-5-19-15(24)25-6-3-17/h1-2,7H,3-6,8H2,(H,18,21)(H,19,24). The number of amides is 4. The van der Waals surface area contributed by atoms with Gasteiger partial charge in [-0.2, -0.15) is 0 Å². The van der Waals surface area contributed by atoms with Gasteiger partial charge in [-0.25, -0.2) is 4.79 Å². The lowest BCUT2D eigenvalue weighted by atomic mass is 10.1. The minimum Gasteiger partial charge on any atom is -0.448 e. The van der Waals surface area contributed by atoms with Crippen LogP contribution in [0.2, 0.25) is 0 Å². The predicted octanol–water partition coefficient (Wildman–Crippen LogP) is 1.13. The summed E-state index contributed by atoms with van der Waals surface area (Å²) in [4.78, 5) is 48.4. The molecule has 0 aromatic heterocycles. The van der Waals surface area contributed by atoms with Crippen molar-refractivity contribution < 1.29 is 23.9 Å². The van der Waals surface area contributed by atoms with Gasteiger partial charge in [-0.1, -0.05) is 15.9 Å². The molecule has 0 radical (unpaired) electrons. The summed E-state index contributed by atoms with van der Waals surface area (Å²) in [5.74, 6) is -1.34. The number of rotatable bonds is 7. The van der Waals surface area contributed by atoms with Crippen LogP contribution in [-0.2, 0) is 9.53 Å². The molecule has 0 unspecified atom stereocenters. The highest BCUT2D eigenvalue weighted by atomic mass is 79.9. The summed E-state index contributed by atoms with van der Waals surface area (Å²) in [5.41, 5.74) is 0.528. The second-order valence-corrected chi connectivity index (χ2v) is 6.28. The van der Waals surface area contributed by atoms with Crippen LogP contribution in [0.1, 0.15) is 20.7 Å². The molecule has 134 valence electrons. The zero-order chi connectivity index (χ0) is 18.4. The highest BCUT2D eigenvalue weighted by Gasteiger charge is 2.36. The Morgan fingerprint density at radius 2 is 1.80 bits per heavy atom. The number of carbonyl (C=O) groups is 4. The SMILES string of the molecule is O=C(CN1C(=O)c2ccc(Br)cc2C1=O)NCCNC(=O)OCCCl. The summed E-state index contributed by atoms with van der Waals surface area (Å²) in [5, 5.41) is 4.93. The maximum atomic E-state index is 12.2. The van der Waals surface area contributed by atoms with Gasteiger partial charge in [-0.3, -0.25) is 19.3 Å². The summed E-state index contributed by atoms with van der Waals surface area (Å²) in [6.07, 6.45) is -0.638. The number of hydrogen-bond donors (Lipinski definition) is 2. The third-order valence-electron chi connectivity index (χ3n) is 3.26. The van der Waals surface area contributed by atoms with Crippen LogP contribution in [0.3, 0.4) is 0 Å². The van der Waals surface area contributed by atoms with Crippen molar-refractivity contribution in [2.24, 2.45) is 0 Å². The van der Waals surface area contributed by atoms with E-state index in [2.05, 4.69) is 31.3 Å². The molecule has 0 bridgehead atoms. The first-order valence-electron chi connectivity index (χ1n) is 7.33. The minimum atomic E-state index is -0.638. The summed E-state index contributed by atoms with van der Waals surface area (Å²) < 4.78 is 5.36. The van der Waals surface area contributed by atoms with Crippen molar-refractivity contribution >= 4 is 51.3 Å². The number of benzene rings is 1. The number of nitrogens with zero attached hydrogens (tertiary/aromatic N) is 1. The van der Waals surface area contributed by atoms with Crippen LogP contribution in [0, 0.1) is 0 Å². The van der Waals surface area contributed by atoms with Gasteiger partial charge in [0.25, 0.3) is 11.8 Å². The number of alkyl carbamates (subject to hydrolysis) is 1. The van der Waals surface area contributed by atoms with Crippen molar-refractivity contribution in [2.45, 2.75) is 0 Å². The van der Waals surface area contributed by atoms with E-state index in [9.17, 15) is 19.2 Å². The summed E-state index contributed by atoms with van der Waals surface area (Å²) in [6.45, 7) is -0.0261. The molecular weight excluding hydrogens is 418 g/mol. The number of alkyl halides is 1. The van der Waals surface area contributed by atoms with Crippen molar-refractivity contribution in [3.05, 3.63) is 33.8 Å². The number of carbonyl (C=O) groups excluding carboxylic acids is 4. The van der Waals surface area contributed by atoms with E-state index >= 15 is 0 Å². The van der Waals surface area contributed by atoms with E-state index in [0.717, 1.165) is 4.90 Å². The van der Waals surface area contributed by atoms with Crippen LogP contribution in [-0.4, -0.2) is 60.8 Å². The summed E-state index contributed by atoms with van der Waals surface area (Å²) in [7, 11) is 0. The molecule has 4 amide bonds. The van der Waals surface area contributed by atoms with E-state index in [0.29, 0.717) is 4.47 Å². The van der Waals surface area contributed by atoms with Gasteiger partial charge in [0.2, 0.25) is 5.91 Å². The molecule has 0 saturated heterocycles. The average Bonchev–Trinajstić information content (AvgIpc) is 2.81. The Kier molecular flexibility index (Phi) is 6.77. The van der Waals surface area contributed by atoms with Crippen LogP contribution >= 0.6 is 27.5 Å². The molecule has 2 rings (SSSR count). The highest BCUT2D eigenvalue weighted by molar-refractivity contribution is 9.10. The third kappa shape index (κ3) is 4.93. The molecule has 0 atom stereocenters. The first-order chi connectivity index (χ1) is 11.9. The first-order valence-corrected chi connectivity index (χ1v) is 8.66. The van der Waals surface area contributed by atoms with E-state index in [1.54, 1.807) is 12.1 Å². The zero-order valence-electron chi connectivity index (χ0n) is 13.0. The lowest BCUT2D eigenvalue weighted by Crippen LogP contribution is -2.42. The Labute approximate surface area is 157 Å². The molecule has 1 aromatic carbocycles. The molecular formula is C15H15BrClN3O5. The fourth-order valence-electron chi connectivity index (χ4n) is 2.15. The molecule has 2 N–H and O–H groups in total. The van der Waals surface area contributed by atoms with Crippen LogP contribution in [0.15, 0.2) is 22.7 Å². The largest absolute Gasteiger partial charge is 0.448 e. The second-order valence-electron chi connectivity index (χ2n) is 4.99. The van der Waals surface area contributed by atoms with Crippen LogP contribution in [0.25, 0.3) is 0 Å². The van der Waals surface area contributed by atoms with Crippen molar-refractivity contribution in [1.29, 1.82) is 0 Å². The first kappa shape index (κ1) is 19.2. The van der Waals surface area contributed by atoms with Gasteiger partial charge in [-0.15, -0.1) is 11.6 Å². The van der Waals surface area contributed by atoms with E-state index in [1.807, 2.05) is 0 Å². The Bertz CT molecular complexity index is 712. The summed E-state index contributed by atoms with van der Waals surface area (Å²) in [6, 6.07) is 4.74. The molecule has 1 aliphatic rings. The number of hydrogen-bond acceptors (Lipinski definition) is 5. The van der Waals surface area contributed by atoms with Gasteiger partial charge in [0.15, 0.2) is 0 Å². The Balaban J connectivity index is 1.79. The lowest BCUT2D eigenvalue weighted by molar-refractivity contribution is -0.121. The molecule has 0 fully saturated rings.